The highest BCUT2D eigenvalue weighted by Gasteiger charge is 2.03. The number of phenols is 2. The van der Waals surface area contributed by atoms with E-state index in [4.69, 9.17) is 0 Å². The van der Waals surface area contributed by atoms with Crippen LogP contribution in [0.5, 0.6) is 11.5 Å². The summed E-state index contributed by atoms with van der Waals surface area (Å²) < 4.78 is 0. The molecule has 0 atom stereocenters. The molecule has 0 fully saturated rings. The van der Waals surface area contributed by atoms with Crippen LogP contribution in [0.2, 0.25) is 0 Å². The Bertz CT molecular complexity index is 860. The largest absolute Gasteiger partial charge is 0.508 e. The molecule has 0 aliphatic carbocycles. The highest BCUT2D eigenvalue weighted by molar-refractivity contribution is 5.92. The first kappa shape index (κ1) is 13.9. The summed E-state index contributed by atoms with van der Waals surface area (Å²) in [6, 6.07) is 14.1. The van der Waals surface area contributed by atoms with E-state index in [-0.39, 0.29) is 11.5 Å². The Labute approximate surface area is 127 Å². The summed E-state index contributed by atoms with van der Waals surface area (Å²) in [4.78, 5) is 4.47. The molecule has 110 valence electrons. The first-order valence-electron chi connectivity index (χ1n) is 6.81. The minimum Gasteiger partial charge on any atom is -0.508 e. The topological polar surface area (TPSA) is 77.7 Å². The molecule has 22 heavy (non-hydrogen) atoms. The van der Waals surface area contributed by atoms with Gasteiger partial charge in [-0.25, -0.2) is 0 Å². The minimum absolute atomic E-state index is 0.0124. The van der Waals surface area contributed by atoms with Crippen molar-refractivity contribution >= 4 is 22.8 Å². The van der Waals surface area contributed by atoms with Crippen LogP contribution in [0.4, 0.5) is 5.69 Å². The van der Waals surface area contributed by atoms with Gasteiger partial charge in [-0.05, 0) is 31.2 Å². The Morgan fingerprint density at radius 1 is 1.09 bits per heavy atom. The lowest BCUT2D eigenvalue weighted by atomic mass is 10.1. The number of nitrogens with one attached hydrogen (secondary N) is 1. The van der Waals surface area contributed by atoms with E-state index in [0.717, 1.165) is 22.3 Å². The number of phenolic OH excluding ortho intramolecular Hbond substituents is 2. The number of aryl methyl sites for hydroxylation is 1. The molecule has 3 rings (SSSR count). The summed E-state index contributed by atoms with van der Waals surface area (Å²) in [5.41, 5.74) is 6.12. The van der Waals surface area contributed by atoms with Gasteiger partial charge in [0, 0.05) is 22.7 Å². The van der Waals surface area contributed by atoms with E-state index in [1.807, 2.05) is 37.3 Å². The Kier molecular flexibility index (Phi) is 3.62. The first-order chi connectivity index (χ1) is 10.6. The second-order valence-electron chi connectivity index (χ2n) is 4.94. The first-order valence-corrected chi connectivity index (χ1v) is 6.81. The maximum absolute atomic E-state index is 9.72. The van der Waals surface area contributed by atoms with Crippen LogP contribution in [-0.4, -0.2) is 21.4 Å². The summed E-state index contributed by atoms with van der Waals surface area (Å²) in [6.45, 7) is 1.92. The molecule has 0 bridgehead atoms. The van der Waals surface area contributed by atoms with E-state index in [1.54, 1.807) is 6.07 Å². The van der Waals surface area contributed by atoms with Crippen molar-refractivity contribution in [1.29, 1.82) is 0 Å². The second kappa shape index (κ2) is 5.73. The number of anilines is 1. The van der Waals surface area contributed by atoms with Crippen molar-refractivity contribution < 1.29 is 10.2 Å². The summed E-state index contributed by atoms with van der Waals surface area (Å²) in [5.74, 6) is -0.0142. The van der Waals surface area contributed by atoms with E-state index < -0.39 is 0 Å². The third-order valence-electron chi connectivity index (χ3n) is 3.25. The van der Waals surface area contributed by atoms with Crippen LogP contribution in [0.15, 0.2) is 53.6 Å². The summed E-state index contributed by atoms with van der Waals surface area (Å²) in [5, 5.41) is 24.1. The lowest BCUT2D eigenvalue weighted by Gasteiger charge is -2.07. The molecule has 0 aliphatic rings. The van der Waals surface area contributed by atoms with Gasteiger partial charge in [-0.15, -0.1) is 0 Å². The molecule has 3 N–H and O–H groups in total. The van der Waals surface area contributed by atoms with Gasteiger partial charge in [0.1, 0.15) is 11.5 Å². The van der Waals surface area contributed by atoms with Crippen molar-refractivity contribution in [2.45, 2.75) is 6.92 Å². The highest BCUT2D eigenvalue weighted by Crippen LogP contribution is 2.23. The van der Waals surface area contributed by atoms with Crippen LogP contribution in [-0.2, 0) is 0 Å². The molecule has 0 spiro atoms. The fourth-order valence-electron chi connectivity index (χ4n) is 2.21. The van der Waals surface area contributed by atoms with Gasteiger partial charge in [-0.3, -0.25) is 10.4 Å². The molecular weight excluding hydrogens is 278 g/mol. The molecule has 0 aliphatic heterocycles. The Balaban J connectivity index is 1.89. The lowest BCUT2D eigenvalue weighted by molar-refractivity contribution is 0.450. The molecule has 0 saturated heterocycles. The fraction of sp³-hybridized carbons (Fsp3) is 0.0588. The van der Waals surface area contributed by atoms with Gasteiger partial charge in [0.25, 0.3) is 0 Å². The monoisotopic (exact) mass is 293 g/mol. The number of aromatic hydroxyl groups is 2. The van der Waals surface area contributed by atoms with Crippen LogP contribution >= 0.6 is 0 Å². The number of rotatable bonds is 3. The average molecular weight is 293 g/mol. The standard InChI is InChI=1S/C17H15N3O2/c1-11-8-16(14-4-2-3-5-15(14)19-11)20-18-10-12-6-7-13(21)9-17(12)22/h2-10,21-22H,1H3,(H,19,20). The molecule has 0 radical (unpaired) electrons. The molecule has 2 aromatic carbocycles. The number of pyridine rings is 1. The van der Waals surface area contributed by atoms with Crippen LogP contribution < -0.4 is 5.43 Å². The number of fused-ring (bicyclic) bond motifs is 1. The van der Waals surface area contributed by atoms with E-state index in [2.05, 4.69) is 15.5 Å². The Morgan fingerprint density at radius 2 is 1.91 bits per heavy atom. The zero-order valence-corrected chi connectivity index (χ0v) is 12.0. The predicted molar refractivity (Wildman–Crippen MR) is 87.5 cm³/mol. The number of hydrazone groups is 1. The van der Waals surface area contributed by atoms with Crippen LogP contribution in [0, 0.1) is 6.92 Å². The smallest absolute Gasteiger partial charge is 0.128 e. The van der Waals surface area contributed by atoms with Crippen molar-refractivity contribution in [3.8, 4) is 11.5 Å². The number of nitrogens with zero attached hydrogens (tertiary/aromatic N) is 2. The van der Waals surface area contributed by atoms with Crippen LogP contribution in [0.25, 0.3) is 10.9 Å². The maximum atomic E-state index is 9.72. The van der Waals surface area contributed by atoms with Gasteiger partial charge >= 0.3 is 0 Å². The predicted octanol–water partition coefficient (Wildman–Crippen LogP) is 3.40. The van der Waals surface area contributed by atoms with Crippen molar-refractivity contribution in [2.24, 2.45) is 5.10 Å². The normalized spacial score (nSPS) is 11.1. The number of hydrogen-bond donors (Lipinski definition) is 3. The zero-order chi connectivity index (χ0) is 15.5. The number of hydrogen-bond acceptors (Lipinski definition) is 5. The lowest BCUT2D eigenvalue weighted by Crippen LogP contribution is -1.94. The maximum Gasteiger partial charge on any atom is 0.128 e. The van der Waals surface area contributed by atoms with Crippen molar-refractivity contribution in [1.82, 2.24) is 4.98 Å². The molecule has 5 nitrogen and oxygen atoms in total. The van der Waals surface area contributed by atoms with E-state index in [1.165, 1.54) is 18.3 Å². The van der Waals surface area contributed by atoms with Gasteiger partial charge in [-0.2, -0.15) is 5.10 Å². The third-order valence-corrected chi connectivity index (χ3v) is 3.25. The number of para-hydroxylation sites is 1. The molecule has 1 aromatic heterocycles. The molecule has 0 saturated carbocycles. The highest BCUT2D eigenvalue weighted by atomic mass is 16.3. The van der Waals surface area contributed by atoms with E-state index in [9.17, 15) is 10.2 Å². The van der Waals surface area contributed by atoms with E-state index >= 15 is 0 Å². The van der Waals surface area contributed by atoms with Gasteiger partial charge in [-0.1, -0.05) is 18.2 Å². The van der Waals surface area contributed by atoms with Crippen molar-refractivity contribution in [3.63, 3.8) is 0 Å². The Hall–Kier alpha value is -3.08. The Morgan fingerprint density at radius 3 is 2.73 bits per heavy atom. The average Bonchev–Trinajstić information content (AvgIpc) is 2.49. The van der Waals surface area contributed by atoms with Crippen molar-refractivity contribution in [3.05, 3.63) is 59.8 Å². The minimum atomic E-state index is -0.0266. The third kappa shape index (κ3) is 2.83. The second-order valence-corrected chi connectivity index (χ2v) is 4.94. The molecule has 5 heteroatoms. The summed E-state index contributed by atoms with van der Waals surface area (Å²) in [6.07, 6.45) is 1.50. The van der Waals surface area contributed by atoms with Gasteiger partial charge < -0.3 is 10.2 Å². The zero-order valence-electron chi connectivity index (χ0n) is 12.0. The fourth-order valence-corrected chi connectivity index (χ4v) is 2.21. The van der Waals surface area contributed by atoms with Crippen LogP contribution in [0.1, 0.15) is 11.3 Å². The molecule has 3 aromatic rings. The molecule has 1 heterocycles. The summed E-state index contributed by atoms with van der Waals surface area (Å²) >= 11 is 0. The SMILES string of the molecule is Cc1cc(NN=Cc2ccc(O)cc2O)c2ccccc2n1. The van der Waals surface area contributed by atoms with Crippen molar-refractivity contribution in [2.75, 3.05) is 5.43 Å². The molecular formula is C17H15N3O2. The number of aromatic nitrogens is 1. The van der Waals surface area contributed by atoms with E-state index in [0.29, 0.717) is 5.56 Å². The van der Waals surface area contributed by atoms with Crippen LogP contribution in [0.3, 0.4) is 0 Å². The molecule has 0 amide bonds. The molecule has 0 unspecified atom stereocenters. The summed E-state index contributed by atoms with van der Waals surface area (Å²) in [7, 11) is 0. The van der Waals surface area contributed by atoms with Gasteiger partial charge in [0.2, 0.25) is 0 Å². The van der Waals surface area contributed by atoms with Gasteiger partial charge in [0.05, 0.1) is 17.4 Å². The van der Waals surface area contributed by atoms with Gasteiger partial charge in [0.15, 0.2) is 0 Å². The quantitative estimate of drug-likeness (QED) is 0.511. The number of benzene rings is 2.